The zero-order chi connectivity index (χ0) is 15.1. The van der Waals surface area contributed by atoms with E-state index in [0.29, 0.717) is 6.61 Å². The van der Waals surface area contributed by atoms with E-state index >= 15 is 0 Å². The van der Waals surface area contributed by atoms with Crippen molar-refractivity contribution in [1.29, 1.82) is 0 Å². The number of rotatable bonds is 5. The van der Waals surface area contributed by atoms with Gasteiger partial charge in [-0.2, -0.15) is 0 Å². The second-order valence-electron chi connectivity index (χ2n) is 6.01. The van der Waals surface area contributed by atoms with E-state index in [1.165, 1.54) is 30.4 Å². The van der Waals surface area contributed by atoms with Gasteiger partial charge >= 0.3 is 6.09 Å². The van der Waals surface area contributed by atoms with Gasteiger partial charge in [0.05, 0.1) is 6.61 Å². The van der Waals surface area contributed by atoms with E-state index in [-0.39, 0.29) is 6.09 Å². The maximum atomic E-state index is 11.6. The van der Waals surface area contributed by atoms with Gasteiger partial charge in [-0.1, -0.05) is 29.8 Å². The van der Waals surface area contributed by atoms with Crippen molar-refractivity contribution >= 4 is 6.09 Å². The highest BCUT2D eigenvalue weighted by atomic mass is 16.6. The minimum Gasteiger partial charge on any atom is -0.450 e. The Labute approximate surface area is 128 Å². The van der Waals surface area contributed by atoms with E-state index < -0.39 is 0 Å². The molecule has 0 radical (unpaired) electrons. The third-order valence-corrected chi connectivity index (χ3v) is 4.34. The van der Waals surface area contributed by atoms with Gasteiger partial charge in [-0.3, -0.25) is 0 Å². The first kappa shape index (κ1) is 15.9. The molecule has 0 spiro atoms. The fourth-order valence-electron chi connectivity index (χ4n) is 2.97. The maximum absolute atomic E-state index is 11.6. The first-order chi connectivity index (χ1) is 10.2. The van der Waals surface area contributed by atoms with Gasteiger partial charge in [0, 0.05) is 13.1 Å². The van der Waals surface area contributed by atoms with Crippen LogP contribution in [0.25, 0.3) is 0 Å². The molecule has 0 saturated carbocycles. The zero-order valence-electron chi connectivity index (χ0n) is 13.3. The van der Waals surface area contributed by atoms with E-state index in [1.54, 1.807) is 0 Å². The number of benzene rings is 1. The third-order valence-electron chi connectivity index (χ3n) is 4.34. The monoisotopic (exact) mass is 289 g/mol. The minimum absolute atomic E-state index is 0.143. The molecule has 0 bridgehead atoms. The van der Waals surface area contributed by atoms with Crippen LogP contribution in [0.15, 0.2) is 24.3 Å². The van der Waals surface area contributed by atoms with E-state index in [2.05, 4.69) is 31.2 Å². The molecule has 3 nitrogen and oxygen atoms in total. The molecule has 0 aromatic heterocycles. The van der Waals surface area contributed by atoms with E-state index in [9.17, 15) is 4.79 Å². The SMILES string of the molecule is CCOC(=O)N1CCC(CCCc2ccc(C)cc2)CC1. The van der Waals surface area contributed by atoms with Crippen molar-refractivity contribution in [2.75, 3.05) is 19.7 Å². The second-order valence-corrected chi connectivity index (χ2v) is 6.01. The number of ether oxygens (including phenoxy) is 1. The first-order valence-electron chi connectivity index (χ1n) is 8.16. The molecule has 1 amide bonds. The molecule has 2 rings (SSSR count). The molecule has 1 heterocycles. The van der Waals surface area contributed by atoms with E-state index in [0.717, 1.165) is 31.8 Å². The van der Waals surface area contributed by atoms with Crippen LogP contribution in [-0.4, -0.2) is 30.7 Å². The molecule has 1 aliphatic rings. The van der Waals surface area contributed by atoms with Gasteiger partial charge in [-0.05, 0) is 57.4 Å². The van der Waals surface area contributed by atoms with Crippen molar-refractivity contribution in [3.8, 4) is 0 Å². The maximum Gasteiger partial charge on any atom is 0.409 e. The lowest BCUT2D eigenvalue weighted by Gasteiger charge is -2.31. The van der Waals surface area contributed by atoms with E-state index in [4.69, 9.17) is 4.74 Å². The van der Waals surface area contributed by atoms with Gasteiger partial charge in [-0.15, -0.1) is 0 Å². The summed E-state index contributed by atoms with van der Waals surface area (Å²) >= 11 is 0. The Bertz CT molecular complexity index is 433. The number of aryl methyl sites for hydroxylation is 2. The molecule has 21 heavy (non-hydrogen) atoms. The van der Waals surface area contributed by atoms with Crippen LogP contribution in [-0.2, 0) is 11.2 Å². The van der Waals surface area contributed by atoms with Crippen LogP contribution in [0.4, 0.5) is 4.79 Å². The van der Waals surface area contributed by atoms with Crippen molar-refractivity contribution in [3.63, 3.8) is 0 Å². The molecule has 0 aliphatic carbocycles. The van der Waals surface area contributed by atoms with Crippen LogP contribution in [0.2, 0.25) is 0 Å². The quantitative estimate of drug-likeness (QED) is 0.813. The number of likely N-dealkylation sites (tertiary alicyclic amines) is 1. The summed E-state index contributed by atoms with van der Waals surface area (Å²) in [5.41, 5.74) is 2.76. The van der Waals surface area contributed by atoms with Crippen molar-refractivity contribution in [3.05, 3.63) is 35.4 Å². The van der Waals surface area contributed by atoms with Gasteiger partial charge in [0.25, 0.3) is 0 Å². The Morgan fingerprint density at radius 2 is 1.90 bits per heavy atom. The van der Waals surface area contributed by atoms with Crippen LogP contribution in [0.1, 0.15) is 43.7 Å². The summed E-state index contributed by atoms with van der Waals surface area (Å²) in [6, 6.07) is 8.84. The topological polar surface area (TPSA) is 29.5 Å². The summed E-state index contributed by atoms with van der Waals surface area (Å²) in [6.45, 7) is 6.16. The number of nitrogens with zero attached hydrogens (tertiary/aromatic N) is 1. The average Bonchev–Trinajstić information content (AvgIpc) is 2.50. The smallest absolute Gasteiger partial charge is 0.409 e. The second kappa shape index (κ2) is 8.06. The van der Waals surface area contributed by atoms with Crippen LogP contribution >= 0.6 is 0 Å². The highest BCUT2D eigenvalue weighted by molar-refractivity contribution is 5.67. The van der Waals surface area contributed by atoms with Crippen LogP contribution in [0.3, 0.4) is 0 Å². The number of hydrogen-bond acceptors (Lipinski definition) is 2. The third kappa shape index (κ3) is 5.07. The zero-order valence-corrected chi connectivity index (χ0v) is 13.3. The number of piperidine rings is 1. The predicted molar refractivity (Wildman–Crippen MR) is 85.4 cm³/mol. The number of carbonyl (C=O) groups is 1. The van der Waals surface area contributed by atoms with Gasteiger partial charge in [0.15, 0.2) is 0 Å². The summed E-state index contributed by atoms with van der Waals surface area (Å²) in [5, 5.41) is 0. The Hall–Kier alpha value is -1.51. The lowest BCUT2D eigenvalue weighted by atomic mass is 9.91. The fourth-order valence-corrected chi connectivity index (χ4v) is 2.97. The molecule has 3 heteroatoms. The lowest BCUT2D eigenvalue weighted by Crippen LogP contribution is -2.38. The average molecular weight is 289 g/mol. The minimum atomic E-state index is -0.143. The Morgan fingerprint density at radius 3 is 2.52 bits per heavy atom. The Kier molecular flexibility index (Phi) is 6.09. The molecular formula is C18H27NO2. The van der Waals surface area contributed by atoms with Crippen LogP contribution < -0.4 is 0 Å². The molecule has 1 aromatic rings. The molecular weight excluding hydrogens is 262 g/mol. The molecule has 1 fully saturated rings. The predicted octanol–water partition coefficient (Wildman–Crippen LogP) is 4.19. The van der Waals surface area contributed by atoms with Crippen molar-refractivity contribution < 1.29 is 9.53 Å². The number of hydrogen-bond donors (Lipinski definition) is 0. The fraction of sp³-hybridized carbons (Fsp3) is 0.611. The van der Waals surface area contributed by atoms with Crippen molar-refractivity contribution in [2.45, 2.75) is 46.0 Å². The first-order valence-corrected chi connectivity index (χ1v) is 8.16. The van der Waals surface area contributed by atoms with Crippen LogP contribution in [0.5, 0.6) is 0 Å². The molecule has 0 N–H and O–H groups in total. The number of carbonyl (C=O) groups excluding carboxylic acids is 1. The normalized spacial score (nSPS) is 16.0. The summed E-state index contributed by atoms with van der Waals surface area (Å²) in [6.07, 6.45) is 5.77. The molecule has 0 unspecified atom stereocenters. The molecule has 1 aromatic carbocycles. The van der Waals surface area contributed by atoms with Gasteiger partial charge < -0.3 is 9.64 Å². The summed E-state index contributed by atoms with van der Waals surface area (Å²) < 4.78 is 5.05. The van der Waals surface area contributed by atoms with Crippen LogP contribution in [0, 0.1) is 12.8 Å². The molecule has 1 aliphatic heterocycles. The Balaban J connectivity index is 1.65. The molecule has 116 valence electrons. The summed E-state index contributed by atoms with van der Waals surface area (Å²) in [5.74, 6) is 0.765. The van der Waals surface area contributed by atoms with Crippen molar-refractivity contribution in [1.82, 2.24) is 4.90 Å². The molecule has 1 saturated heterocycles. The lowest BCUT2D eigenvalue weighted by molar-refractivity contribution is 0.0907. The highest BCUT2D eigenvalue weighted by Crippen LogP contribution is 2.23. The summed E-state index contributed by atoms with van der Waals surface area (Å²) in [4.78, 5) is 13.5. The number of amides is 1. The Morgan fingerprint density at radius 1 is 1.24 bits per heavy atom. The highest BCUT2D eigenvalue weighted by Gasteiger charge is 2.23. The molecule has 0 atom stereocenters. The summed E-state index contributed by atoms with van der Waals surface area (Å²) in [7, 11) is 0. The van der Waals surface area contributed by atoms with Gasteiger partial charge in [0.1, 0.15) is 0 Å². The van der Waals surface area contributed by atoms with Gasteiger partial charge in [0.2, 0.25) is 0 Å². The van der Waals surface area contributed by atoms with E-state index in [1.807, 2.05) is 11.8 Å². The standard InChI is InChI=1S/C18H27NO2/c1-3-21-18(20)19-13-11-17(12-14-19)6-4-5-16-9-7-15(2)8-10-16/h7-10,17H,3-6,11-14H2,1-2H3. The van der Waals surface area contributed by atoms with Crippen molar-refractivity contribution in [2.24, 2.45) is 5.92 Å². The van der Waals surface area contributed by atoms with Gasteiger partial charge in [-0.25, -0.2) is 4.79 Å². The largest absolute Gasteiger partial charge is 0.450 e.